The van der Waals surface area contributed by atoms with Gasteiger partial charge in [-0.1, -0.05) is 18.2 Å². The molecule has 5 rings (SSSR count). The minimum Gasteiger partial charge on any atom is -0.419 e. The number of rotatable bonds is 5. The van der Waals surface area contributed by atoms with E-state index >= 15 is 0 Å². The van der Waals surface area contributed by atoms with Gasteiger partial charge in [0.25, 0.3) is 5.56 Å². The maximum atomic E-state index is 13.6. The van der Waals surface area contributed by atoms with Gasteiger partial charge >= 0.3 is 17.6 Å². The molecular formula is C24H18N4O6. The summed E-state index contributed by atoms with van der Waals surface area (Å²) in [6, 6.07) is 11.4. The van der Waals surface area contributed by atoms with E-state index in [1.807, 2.05) is 10.8 Å². The van der Waals surface area contributed by atoms with E-state index in [1.54, 1.807) is 42.9 Å². The smallest absolute Gasteiger partial charge is 0.336 e. The molecule has 1 aliphatic heterocycles. The predicted molar refractivity (Wildman–Crippen MR) is 121 cm³/mol. The second kappa shape index (κ2) is 8.66. The third-order valence-electron chi connectivity index (χ3n) is 5.37. The Balaban J connectivity index is 1.75. The fraction of sp³-hybridized carbons (Fsp3) is 0.125. The van der Waals surface area contributed by atoms with Gasteiger partial charge in [-0.3, -0.25) is 9.36 Å². The predicted octanol–water partition coefficient (Wildman–Crippen LogP) is 1.82. The Morgan fingerprint density at radius 3 is 2.35 bits per heavy atom. The van der Waals surface area contributed by atoms with Crippen molar-refractivity contribution in [2.75, 3.05) is 0 Å². The Labute approximate surface area is 191 Å². The van der Waals surface area contributed by atoms with Crippen molar-refractivity contribution >= 4 is 22.8 Å². The molecule has 0 aliphatic carbocycles. The molecule has 0 amide bonds. The van der Waals surface area contributed by atoms with Crippen molar-refractivity contribution in [1.82, 2.24) is 18.7 Å². The molecule has 3 heterocycles. The lowest BCUT2D eigenvalue weighted by atomic mass is 10.2. The summed E-state index contributed by atoms with van der Waals surface area (Å²) in [5.41, 5.74) is -0.611. The molecule has 34 heavy (non-hydrogen) atoms. The molecule has 0 unspecified atom stereocenters. The van der Waals surface area contributed by atoms with E-state index < -0.39 is 23.2 Å². The van der Waals surface area contributed by atoms with Crippen molar-refractivity contribution in [2.24, 2.45) is 0 Å². The zero-order valence-corrected chi connectivity index (χ0v) is 17.8. The molecule has 0 saturated carbocycles. The van der Waals surface area contributed by atoms with E-state index in [9.17, 15) is 19.2 Å². The van der Waals surface area contributed by atoms with Gasteiger partial charge in [-0.2, -0.15) is 0 Å². The Morgan fingerprint density at radius 1 is 0.853 bits per heavy atom. The highest BCUT2D eigenvalue weighted by Crippen LogP contribution is 2.35. The molecule has 0 saturated heterocycles. The molecule has 2 aromatic carbocycles. The first-order chi connectivity index (χ1) is 16.5. The van der Waals surface area contributed by atoms with Crippen molar-refractivity contribution in [3.63, 3.8) is 0 Å². The van der Waals surface area contributed by atoms with Crippen LogP contribution in [0, 0.1) is 0 Å². The molecule has 0 spiro atoms. The second-order valence-corrected chi connectivity index (χ2v) is 7.53. The van der Waals surface area contributed by atoms with Crippen LogP contribution in [0.4, 0.5) is 0 Å². The number of aromatic nitrogens is 4. The molecule has 0 radical (unpaired) electrons. The monoisotopic (exact) mass is 458 g/mol. The minimum atomic E-state index is -0.839. The first-order valence-corrected chi connectivity index (χ1v) is 10.5. The Kier molecular flexibility index (Phi) is 5.38. The zero-order chi connectivity index (χ0) is 23.7. The molecular weight excluding hydrogens is 440 g/mol. The van der Waals surface area contributed by atoms with E-state index in [4.69, 9.17) is 9.47 Å². The summed E-state index contributed by atoms with van der Waals surface area (Å²) in [4.78, 5) is 55.3. The molecule has 10 heteroatoms. The van der Waals surface area contributed by atoms with E-state index in [0.29, 0.717) is 18.7 Å². The number of fused-ring (bicyclic) bond motifs is 3. The van der Waals surface area contributed by atoms with Crippen LogP contribution in [0.25, 0.3) is 16.6 Å². The maximum Gasteiger partial charge on any atom is 0.336 e. The average Bonchev–Trinajstić information content (AvgIpc) is 3.34. The quantitative estimate of drug-likeness (QED) is 0.331. The van der Waals surface area contributed by atoms with Crippen LogP contribution >= 0.6 is 0 Å². The largest absolute Gasteiger partial charge is 0.419 e. The first kappa shape index (κ1) is 21.1. The number of aryl methyl sites for hydroxylation is 2. The molecule has 10 nitrogen and oxygen atoms in total. The SMILES string of the molecule is O=C1/C=C/C(=O)Oc2c(ccc3c2c(=O)n(-c2ccccc2)c(=O)n3CCCn2ccnc2)O1. The fourth-order valence-corrected chi connectivity index (χ4v) is 3.85. The molecule has 2 aromatic heterocycles. The molecule has 1 aliphatic rings. The highest BCUT2D eigenvalue weighted by Gasteiger charge is 2.24. The van der Waals surface area contributed by atoms with Gasteiger partial charge in [-0.05, 0) is 30.7 Å². The van der Waals surface area contributed by atoms with Crippen LogP contribution < -0.4 is 20.7 Å². The van der Waals surface area contributed by atoms with Crippen molar-refractivity contribution < 1.29 is 19.1 Å². The van der Waals surface area contributed by atoms with E-state index in [1.165, 1.54) is 16.7 Å². The van der Waals surface area contributed by atoms with E-state index in [0.717, 1.165) is 16.7 Å². The summed E-state index contributed by atoms with van der Waals surface area (Å²) < 4.78 is 15.0. The number of para-hydroxylation sites is 1. The van der Waals surface area contributed by atoms with Crippen molar-refractivity contribution in [3.05, 3.63) is 94.2 Å². The van der Waals surface area contributed by atoms with Crippen LogP contribution in [0.2, 0.25) is 0 Å². The Bertz CT molecular complexity index is 1550. The molecule has 0 bridgehead atoms. The van der Waals surface area contributed by atoms with Crippen LogP contribution in [0.1, 0.15) is 6.42 Å². The highest BCUT2D eigenvalue weighted by atomic mass is 16.6. The minimum absolute atomic E-state index is 0.0416. The van der Waals surface area contributed by atoms with Crippen molar-refractivity contribution in [3.8, 4) is 17.2 Å². The van der Waals surface area contributed by atoms with Crippen LogP contribution in [0.3, 0.4) is 0 Å². The fourth-order valence-electron chi connectivity index (χ4n) is 3.85. The number of hydrogen-bond acceptors (Lipinski definition) is 7. The van der Waals surface area contributed by atoms with Gasteiger partial charge in [0.05, 0.1) is 17.5 Å². The molecule has 0 fully saturated rings. The van der Waals surface area contributed by atoms with Crippen LogP contribution in [-0.4, -0.2) is 30.6 Å². The lowest BCUT2D eigenvalue weighted by Gasteiger charge is -2.18. The summed E-state index contributed by atoms with van der Waals surface area (Å²) in [6.07, 6.45) is 7.58. The third kappa shape index (κ3) is 3.81. The van der Waals surface area contributed by atoms with Gasteiger partial charge in [0.1, 0.15) is 5.39 Å². The number of ether oxygens (including phenoxy) is 2. The molecule has 0 N–H and O–H groups in total. The average molecular weight is 458 g/mol. The van der Waals surface area contributed by atoms with Crippen LogP contribution in [0.15, 0.2) is 82.9 Å². The third-order valence-corrected chi connectivity index (χ3v) is 5.37. The van der Waals surface area contributed by atoms with Crippen LogP contribution in [0.5, 0.6) is 11.5 Å². The van der Waals surface area contributed by atoms with E-state index in [-0.39, 0.29) is 28.9 Å². The van der Waals surface area contributed by atoms with Crippen molar-refractivity contribution in [1.29, 1.82) is 0 Å². The van der Waals surface area contributed by atoms with E-state index in [2.05, 4.69) is 4.98 Å². The zero-order valence-electron chi connectivity index (χ0n) is 17.8. The molecule has 0 atom stereocenters. The van der Waals surface area contributed by atoms with Crippen LogP contribution in [-0.2, 0) is 22.7 Å². The number of hydrogen-bond donors (Lipinski definition) is 0. The van der Waals surface area contributed by atoms with Crippen molar-refractivity contribution in [2.45, 2.75) is 19.5 Å². The number of esters is 2. The molecule has 4 aromatic rings. The topological polar surface area (TPSA) is 114 Å². The summed E-state index contributed by atoms with van der Waals surface area (Å²) in [5, 5.41) is -0.0416. The Hall–Kier alpha value is -4.73. The van der Waals surface area contributed by atoms with Gasteiger partial charge in [0.2, 0.25) is 0 Å². The van der Waals surface area contributed by atoms with Gasteiger partial charge in [0, 0.05) is 37.6 Å². The lowest BCUT2D eigenvalue weighted by Crippen LogP contribution is -2.39. The number of benzene rings is 2. The number of carbonyl (C=O) groups excluding carboxylic acids is 2. The second-order valence-electron chi connectivity index (χ2n) is 7.53. The summed E-state index contributed by atoms with van der Waals surface area (Å²) >= 11 is 0. The summed E-state index contributed by atoms with van der Waals surface area (Å²) in [5.74, 6) is -1.92. The highest BCUT2D eigenvalue weighted by molar-refractivity contribution is 5.99. The first-order valence-electron chi connectivity index (χ1n) is 10.5. The number of nitrogens with zero attached hydrogens (tertiary/aromatic N) is 4. The number of imidazole rings is 1. The summed E-state index contributed by atoms with van der Waals surface area (Å²) in [6.45, 7) is 0.869. The summed E-state index contributed by atoms with van der Waals surface area (Å²) in [7, 11) is 0. The van der Waals surface area contributed by atoms with Gasteiger partial charge in [-0.25, -0.2) is 23.9 Å². The number of carbonyl (C=O) groups is 2. The van der Waals surface area contributed by atoms with Gasteiger partial charge in [0.15, 0.2) is 11.5 Å². The van der Waals surface area contributed by atoms with Gasteiger partial charge < -0.3 is 14.0 Å². The normalized spacial score (nSPS) is 14.1. The van der Waals surface area contributed by atoms with Gasteiger partial charge in [-0.15, -0.1) is 0 Å². The maximum absolute atomic E-state index is 13.6. The molecule has 170 valence electrons. The lowest BCUT2D eigenvalue weighted by molar-refractivity contribution is -0.133. The standard InChI is InChI=1S/C24H18N4O6/c29-19-9-10-20(30)34-22-18(33-19)8-7-17-21(22)23(31)28(16-5-2-1-3-6-16)24(32)27(17)13-4-12-26-14-11-25-15-26/h1-3,5-11,14-15H,4,12-13H2/b10-9+. The Morgan fingerprint density at radius 2 is 1.62 bits per heavy atom.